The second-order valence-corrected chi connectivity index (χ2v) is 6.70. The number of carbonyl (C=O) groups is 1. The van der Waals surface area contributed by atoms with Crippen LogP contribution in [0.5, 0.6) is 0 Å². The van der Waals surface area contributed by atoms with Gasteiger partial charge in [0.25, 0.3) is 5.91 Å². The van der Waals surface area contributed by atoms with Crippen molar-refractivity contribution in [2.45, 2.75) is 20.4 Å². The molecule has 1 amide bonds. The van der Waals surface area contributed by atoms with E-state index in [4.69, 9.17) is 0 Å². The van der Waals surface area contributed by atoms with Crippen LogP contribution in [-0.4, -0.2) is 32.3 Å². The predicted octanol–water partition coefficient (Wildman–Crippen LogP) is 3.91. The molecule has 2 heterocycles. The van der Waals surface area contributed by atoms with Gasteiger partial charge < -0.3 is 10.2 Å². The molecule has 1 N–H and O–H groups in total. The van der Waals surface area contributed by atoms with Gasteiger partial charge in [-0.15, -0.1) is 0 Å². The molecule has 0 spiro atoms. The van der Waals surface area contributed by atoms with Gasteiger partial charge in [0.05, 0.1) is 18.4 Å². The van der Waals surface area contributed by atoms with Gasteiger partial charge in [-0.2, -0.15) is 0 Å². The van der Waals surface area contributed by atoms with Crippen LogP contribution in [0.25, 0.3) is 0 Å². The third-order valence-corrected chi connectivity index (χ3v) is 3.90. The zero-order chi connectivity index (χ0) is 19.1. The fourth-order valence-electron chi connectivity index (χ4n) is 2.77. The highest BCUT2D eigenvalue weighted by Crippen LogP contribution is 2.18. The molecule has 138 valence electrons. The number of nitrogens with one attached hydrogen (secondary N) is 1. The van der Waals surface area contributed by atoms with Crippen molar-refractivity contribution in [1.29, 1.82) is 0 Å². The molecule has 0 aliphatic rings. The number of anilines is 2. The summed E-state index contributed by atoms with van der Waals surface area (Å²) < 4.78 is 0. The van der Waals surface area contributed by atoms with Crippen LogP contribution in [-0.2, 0) is 6.54 Å². The third-order valence-electron chi connectivity index (χ3n) is 3.90. The highest BCUT2D eigenvalue weighted by Gasteiger charge is 2.18. The lowest BCUT2D eigenvalue weighted by Gasteiger charge is -2.24. The maximum atomic E-state index is 13.1. The van der Waals surface area contributed by atoms with Crippen LogP contribution >= 0.6 is 0 Å². The minimum Gasteiger partial charge on any atom is -0.339 e. The summed E-state index contributed by atoms with van der Waals surface area (Å²) in [6.07, 6.45) is 6.63. The molecule has 2 aromatic heterocycles. The van der Waals surface area contributed by atoms with Gasteiger partial charge >= 0.3 is 0 Å². The van der Waals surface area contributed by atoms with Gasteiger partial charge in [-0.1, -0.05) is 26.0 Å². The molecule has 0 saturated heterocycles. The average molecular weight is 361 g/mol. The van der Waals surface area contributed by atoms with Crippen molar-refractivity contribution in [3.05, 3.63) is 78.5 Å². The molecule has 0 radical (unpaired) electrons. The molecule has 0 bridgehead atoms. The van der Waals surface area contributed by atoms with E-state index >= 15 is 0 Å². The monoisotopic (exact) mass is 361 g/mol. The normalized spacial score (nSPS) is 10.6. The summed E-state index contributed by atoms with van der Waals surface area (Å²) >= 11 is 0. The Bertz CT molecular complexity index is 868. The van der Waals surface area contributed by atoms with Gasteiger partial charge in [-0.05, 0) is 36.2 Å². The SMILES string of the molecule is CC(C)CN(Cc1ccccn1)C(=O)c1cccc(Nc2cnccn2)c1. The Morgan fingerprint density at radius 1 is 1.07 bits per heavy atom. The lowest BCUT2D eigenvalue weighted by Crippen LogP contribution is -2.34. The summed E-state index contributed by atoms with van der Waals surface area (Å²) in [5.74, 6) is 0.977. The zero-order valence-corrected chi connectivity index (χ0v) is 15.5. The molecule has 6 nitrogen and oxygen atoms in total. The second-order valence-electron chi connectivity index (χ2n) is 6.70. The fourth-order valence-corrected chi connectivity index (χ4v) is 2.77. The number of aromatic nitrogens is 3. The number of hydrogen-bond donors (Lipinski definition) is 1. The molecule has 3 rings (SSSR count). The van der Waals surface area contributed by atoms with Gasteiger partial charge in [-0.25, -0.2) is 4.98 Å². The van der Waals surface area contributed by atoms with Crippen molar-refractivity contribution in [2.75, 3.05) is 11.9 Å². The summed E-state index contributed by atoms with van der Waals surface area (Å²) in [6.45, 7) is 5.35. The molecule has 0 aliphatic carbocycles. The van der Waals surface area contributed by atoms with E-state index in [-0.39, 0.29) is 5.91 Å². The van der Waals surface area contributed by atoms with Crippen LogP contribution in [0.1, 0.15) is 29.9 Å². The van der Waals surface area contributed by atoms with E-state index in [9.17, 15) is 4.79 Å². The van der Waals surface area contributed by atoms with Crippen LogP contribution in [0.3, 0.4) is 0 Å². The molecule has 27 heavy (non-hydrogen) atoms. The lowest BCUT2D eigenvalue weighted by atomic mass is 10.1. The van der Waals surface area contributed by atoms with Gasteiger partial charge in [0.2, 0.25) is 0 Å². The van der Waals surface area contributed by atoms with Crippen molar-refractivity contribution in [3.8, 4) is 0 Å². The van der Waals surface area contributed by atoms with Crippen molar-refractivity contribution in [3.63, 3.8) is 0 Å². The third kappa shape index (κ3) is 5.34. The summed E-state index contributed by atoms with van der Waals surface area (Å²) in [7, 11) is 0. The molecule has 6 heteroatoms. The van der Waals surface area contributed by atoms with E-state index in [0.717, 1.165) is 11.4 Å². The van der Waals surface area contributed by atoms with Gasteiger partial charge in [0.1, 0.15) is 5.82 Å². The van der Waals surface area contributed by atoms with Gasteiger partial charge in [0, 0.05) is 36.4 Å². The summed E-state index contributed by atoms with van der Waals surface area (Å²) in [6, 6.07) is 13.2. The number of amides is 1. The Morgan fingerprint density at radius 2 is 1.96 bits per heavy atom. The summed E-state index contributed by atoms with van der Waals surface area (Å²) in [5.41, 5.74) is 2.30. The average Bonchev–Trinajstić information content (AvgIpc) is 2.68. The number of rotatable bonds is 7. The summed E-state index contributed by atoms with van der Waals surface area (Å²) in [4.78, 5) is 27.6. The first-order chi connectivity index (χ1) is 13.1. The van der Waals surface area contributed by atoms with E-state index in [2.05, 4.69) is 34.1 Å². The maximum absolute atomic E-state index is 13.1. The number of hydrogen-bond acceptors (Lipinski definition) is 5. The fraction of sp³-hybridized carbons (Fsp3) is 0.238. The molecule has 0 fully saturated rings. The summed E-state index contributed by atoms with van der Waals surface area (Å²) in [5, 5.41) is 3.17. The first-order valence-electron chi connectivity index (χ1n) is 8.94. The Kier molecular flexibility index (Phi) is 6.10. The molecule has 0 unspecified atom stereocenters. The highest BCUT2D eigenvalue weighted by atomic mass is 16.2. The highest BCUT2D eigenvalue weighted by molar-refractivity contribution is 5.95. The van der Waals surface area contributed by atoms with Gasteiger partial charge in [-0.3, -0.25) is 14.8 Å². The molecular formula is C21H23N5O. The van der Waals surface area contributed by atoms with Gasteiger partial charge in [0.15, 0.2) is 0 Å². The molecule has 1 aromatic carbocycles. The Morgan fingerprint density at radius 3 is 2.67 bits per heavy atom. The minimum atomic E-state index is -0.0165. The smallest absolute Gasteiger partial charge is 0.254 e. The molecule has 3 aromatic rings. The predicted molar refractivity (Wildman–Crippen MR) is 106 cm³/mol. The molecule has 0 atom stereocenters. The van der Waals surface area contributed by atoms with Crippen LogP contribution in [0.4, 0.5) is 11.5 Å². The lowest BCUT2D eigenvalue weighted by molar-refractivity contribution is 0.0720. The minimum absolute atomic E-state index is 0.0165. The standard InChI is InChI=1S/C21H23N5O/c1-16(2)14-26(15-19-7-3-4-9-23-19)21(27)17-6-5-8-18(12-17)25-20-13-22-10-11-24-20/h3-13,16H,14-15H2,1-2H3,(H,24,25). The van der Waals surface area contributed by atoms with Crippen LogP contribution in [0.2, 0.25) is 0 Å². The van der Waals surface area contributed by atoms with Crippen LogP contribution in [0, 0.1) is 5.92 Å². The Balaban J connectivity index is 1.79. The first kappa shape index (κ1) is 18.5. The van der Waals surface area contributed by atoms with E-state index in [1.165, 1.54) is 0 Å². The first-order valence-corrected chi connectivity index (χ1v) is 8.94. The zero-order valence-electron chi connectivity index (χ0n) is 15.5. The Hall–Kier alpha value is -3.28. The van der Waals surface area contributed by atoms with E-state index in [1.807, 2.05) is 47.4 Å². The van der Waals surface area contributed by atoms with Crippen LogP contribution in [0.15, 0.2) is 67.3 Å². The maximum Gasteiger partial charge on any atom is 0.254 e. The van der Waals surface area contributed by atoms with Crippen molar-refractivity contribution >= 4 is 17.4 Å². The van der Waals surface area contributed by atoms with Crippen molar-refractivity contribution in [2.24, 2.45) is 5.92 Å². The number of pyridine rings is 1. The topological polar surface area (TPSA) is 71.0 Å². The molecule has 0 saturated carbocycles. The van der Waals surface area contributed by atoms with E-state index < -0.39 is 0 Å². The quantitative estimate of drug-likeness (QED) is 0.691. The van der Waals surface area contributed by atoms with E-state index in [1.54, 1.807) is 24.8 Å². The largest absolute Gasteiger partial charge is 0.339 e. The van der Waals surface area contributed by atoms with Crippen molar-refractivity contribution < 1.29 is 4.79 Å². The number of carbonyl (C=O) groups excluding carboxylic acids is 1. The van der Waals surface area contributed by atoms with Crippen LogP contribution < -0.4 is 5.32 Å². The molecular weight excluding hydrogens is 338 g/mol. The number of benzene rings is 1. The Labute approximate surface area is 159 Å². The number of nitrogens with zero attached hydrogens (tertiary/aromatic N) is 4. The van der Waals surface area contributed by atoms with E-state index in [0.29, 0.717) is 30.4 Å². The second kappa shape index (κ2) is 8.89. The van der Waals surface area contributed by atoms with Crippen molar-refractivity contribution in [1.82, 2.24) is 19.9 Å². The molecule has 0 aliphatic heterocycles.